The second kappa shape index (κ2) is 5.08. The first kappa shape index (κ1) is 13.4. The van der Waals surface area contributed by atoms with Gasteiger partial charge in [0.1, 0.15) is 5.60 Å². The highest BCUT2D eigenvalue weighted by Gasteiger charge is 2.16. The average Bonchev–Trinajstić information content (AvgIpc) is 2.18. The molecule has 4 heteroatoms. The molecule has 2 N–H and O–H groups in total. The second-order valence-electron chi connectivity index (χ2n) is 4.91. The summed E-state index contributed by atoms with van der Waals surface area (Å²) in [7, 11) is 1.85. The van der Waals surface area contributed by atoms with E-state index in [1.54, 1.807) is 0 Å². The molecular formula is C13H20N2O2. The number of benzene rings is 1. The van der Waals surface area contributed by atoms with Crippen molar-refractivity contribution in [2.75, 3.05) is 17.7 Å². The van der Waals surface area contributed by atoms with Gasteiger partial charge in [0, 0.05) is 18.4 Å². The van der Waals surface area contributed by atoms with Gasteiger partial charge >= 0.3 is 6.09 Å². The van der Waals surface area contributed by atoms with Crippen LogP contribution in [0.1, 0.15) is 26.3 Å². The Morgan fingerprint density at radius 2 is 1.94 bits per heavy atom. The summed E-state index contributed by atoms with van der Waals surface area (Å²) in [6, 6.07) is 5.66. The Hall–Kier alpha value is -1.71. The summed E-state index contributed by atoms with van der Waals surface area (Å²) >= 11 is 0. The molecular weight excluding hydrogens is 216 g/mol. The molecule has 1 rings (SSSR count). The lowest BCUT2D eigenvalue weighted by molar-refractivity contribution is 0.0636. The molecule has 1 amide bonds. The van der Waals surface area contributed by atoms with E-state index in [4.69, 9.17) is 4.74 Å². The van der Waals surface area contributed by atoms with E-state index in [2.05, 4.69) is 10.6 Å². The number of hydrogen-bond donors (Lipinski definition) is 2. The number of carbonyl (C=O) groups is 1. The van der Waals surface area contributed by atoms with Crippen molar-refractivity contribution in [2.45, 2.75) is 33.3 Å². The van der Waals surface area contributed by atoms with Gasteiger partial charge in [-0.05, 0) is 45.4 Å². The lowest BCUT2D eigenvalue weighted by Crippen LogP contribution is -2.27. The SMILES string of the molecule is CNc1cc(NC(=O)OC(C)(C)C)ccc1C. The Labute approximate surface area is 102 Å². The van der Waals surface area contributed by atoms with Gasteiger partial charge in [0.05, 0.1) is 0 Å². The fraction of sp³-hybridized carbons (Fsp3) is 0.462. The number of rotatable bonds is 2. The largest absolute Gasteiger partial charge is 0.444 e. The lowest BCUT2D eigenvalue weighted by atomic mass is 10.2. The van der Waals surface area contributed by atoms with Crippen molar-refractivity contribution in [1.29, 1.82) is 0 Å². The number of ether oxygens (including phenoxy) is 1. The predicted molar refractivity (Wildman–Crippen MR) is 70.6 cm³/mol. The minimum Gasteiger partial charge on any atom is -0.444 e. The van der Waals surface area contributed by atoms with E-state index in [-0.39, 0.29) is 0 Å². The van der Waals surface area contributed by atoms with Gasteiger partial charge in [-0.25, -0.2) is 4.79 Å². The maximum Gasteiger partial charge on any atom is 0.412 e. The predicted octanol–water partition coefficient (Wildman–Crippen LogP) is 3.38. The molecule has 94 valence electrons. The third-order valence-corrected chi connectivity index (χ3v) is 2.15. The first-order chi connectivity index (χ1) is 7.81. The number of carbonyl (C=O) groups excluding carboxylic acids is 1. The van der Waals surface area contributed by atoms with Crippen molar-refractivity contribution in [3.05, 3.63) is 23.8 Å². The van der Waals surface area contributed by atoms with Crippen LogP contribution in [0.4, 0.5) is 16.2 Å². The summed E-state index contributed by atoms with van der Waals surface area (Å²) in [6.45, 7) is 7.51. The van der Waals surface area contributed by atoms with Crippen LogP contribution in [-0.4, -0.2) is 18.7 Å². The highest BCUT2D eigenvalue weighted by atomic mass is 16.6. The normalized spacial score (nSPS) is 10.9. The van der Waals surface area contributed by atoms with E-state index >= 15 is 0 Å². The topological polar surface area (TPSA) is 50.4 Å². The van der Waals surface area contributed by atoms with Gasteiger partial charge in [-0.3, -0.25) is 5.32 Å². The van der Waals surface area contributed by atoms with Gasteiger partial charge in [-0.1, -0.05) is 6.07 Å². The molecule has 0 saturated heterocycles. The second-order valence-corrected chi connectivity index (χ2v) is 4.91. The number of nitrogens with one attached hydrogen (secondary N) is 2. The van der Waals surface area contributed by atoms with Crippen LogP contribution in [-0.2, 0) is 4.74 Å². The fourth-order valence-electron chi connectivity index (χ4n) is 1.39. The molecule has 0 radical (unpaired) electrons. The molecule has 0 unspecified atom stereocenters. The molecule has 0 aliphatic heterocycles. The molecule has 0 bridgehead atoms. The van der Waals surface area contributed by atoms with E-state index in [1.165, 1.54) is 0 Å². The molecule has 0 fully saturated rings. The van der Waals surface area contributed by atoms with Crippen molar-refractivity contribution in [3.8, 4) is 0 Å². The Morgan fingerprint density at radius 1 is 1.29 bits per heavy atom. The molecule has 0 heterocycles. The lowest BCUT2D eigenvalue weighted by Gasteiger charge is -2.20. The Morgan fingerprint density at radius 3 is 2.47 bits per heavy atom. The molecule has 0 spiro atoms. The van der Waals surface area contributed by atoms with Gasteiger partial charge in [-0.2, -0.15) is 0 Å². The third-order valence-electron chi connectivity index (χ3n) is 2.15. The standard InChI is InChI=1S/C13H20N2O2/c1-9-6-7-10(8-11(9)14-5)15-12(16)17-13(2,3)4/h6-8,14H,1-5H3,(H,15,16). The Kier molecular flexibility index (Phi) is 3.99. The molecule has 0 aliphatic carbocycles. The minimum atomic E-state index is -0.485. The highest BCUT2D eigenvalue weighted by Crippen LogP contribution is 2.20. The first-order valence-corrected chi connectivity index (χ1v) is 5.60. The van der Waals surface area contributed by atoms with Crippen molar-refractivity contribution < 1.29 is 9.53 Å². The maximum absolute atomic E-state index is 11.6. The summed E-state index contributed by atoms with van der Waals surface area (Å²) < 4.78 is 5.17. The smallest absolute Gasteiger partial charge is 0.412 e. The molecule has 0 aromatic heterocycles. The van der Waals surface area contributed by atoms with Crippen LogP contribution < -0.4 is 10.6 Å². The number of hydrogen-bond acceptors (Lipinski definition) is 3. The van der Waals surface area contributed by atoms with Crippen LogP contribution in [0.5, 0.6) is 0 Å². The van der Waals surface area contributed by atoms with Crippen LogP contribution in [0.2, 0.25) is 0 Å². The monoisotopic (exact) mass is 236 g/mol. The van der Waals surface area contributed by atoms with Gasteiger partial charge < -0.3 is 10.1 Å². The van der Waals surface area contributed by atoms with E-state index in [9.17, 15) is 4.79 Å². The molecule has 1 aromatic rings. The van der Waals surface area contributed by atoms with Crippen LogP contribution in [0.25, 0.3) is 0 Å². The Bertz CT molecular complexity index is 408. The molecule has 1 aromatic carbocycles. The highest BCUT2D eigenvalue weighted by molar-refractivity contribution is 5.85. The number of aryl methyl sites for hydroxylation is 1. The zero-order chi connectivity index (χ0) is 13.1. The van der Waals surface area contributed by atoms with E-state index in [1.807, 2.05) is 52.9 Å². The molecule has 0 atom stereocenters. The summed E-state index contributed by atoms with van der Waals surface area (Å²) in [6.07, 6.45) is -0.441. The molecule has 4 nitrogen and oxygen atoms in total. The van der Waals surface area contributed by atoms with Gasteiger partial charge in [0.2, 0.25) is 0 Å². The van der Waals surface area contributed by atoms with E-state index in [0.717, 1.165) is 11.3 Å². The van der Waals surface area contributed by atoms with Crippen molar-refractivity contribution in [3.63, 3.8) is 0 Å². The first-order valence-electron chi connectivity index (χ1n) is 5.60. The van der Waals surface area contributed by atoms with Gasteiger partial charge in [0.25, 0.3) is 0 Å². The number of anilines is 2. The summed E-state index contributed by atoms with van der Waals surface area (Å²) in [5, 5.41) is 5.76. The third kappa shape index (κ3) is 4.34. The zero-order valence-electron chi connectivity index (χ0n) is 11.0. The van der Waals surface area contributed by atoms with Crippen molar-refractivity contribution in [2.24, 2.45) is 0 Å². The fourth-order valence-corrected chi connectivity index (χ4v) is 1.39. The summed E-state index contributed by atoms with van der Waals surface area (Å²) in [5.74, 6) is 0. The van der Waals surface area contributed by atoms with Crippen LogP contribution in [0.3, 0.4) is 0 Å². The van der Waals surface area contributed by atoms with Crippen molar-refractivity contribution >= 4 is 17.5 Å². The summed E-state index contributed by atoms with van der Waals surface area (Å²) in [5.41, 5.74) is 2.34. The molecule has 0 saturated carbocycles. The zero-order valence-corrected chi connectivity index (χ0v) is 11.0. The van der Waals surface area contributed by atoms with E-state index < -0.39 is 11.7 Å². The van der Waals surface area contributed by atoms with Crippen LogP contribution in [0.15, 0.2) is 18.2 Å². The molecule has 0 aliphatic rings. The quantitative estimate of drug-likeness (QED) is 0.827. The van der Waals surface area contributed by atoms with E-state index in [0.29, 0.717) is 5.69 Å². The van der Waals surface area contributed by atoms with Gasteiger partial charge in [0.15, 0.2) is 0 Å². The minimum absolute atomic E-state index is 0.441. The maximum atomic E-state index is 11.6. The van der Waals surface area contributed by atoms with Crippen LogP contribution in [0, 0.1) is 6.92 Å². The van der Waals surface area contributed by atoms with Crippen LogP contribution >= 0.6 is 0 Å². The average molecular weight is 236 g/mol. The summed E-state index contributed by atoms with van der Waals surface area (Å²) in [4.78, 5) is 11.6. The molecule has 17 heavy (non-hydrogen) atoms. The van der Waals surface area contributed by atoms with Gasteiger partial charge in [-0.15, -0.1) is 0 Å². The number of amides is 1. The van der Waals surface area contributed by atoms with Crippen molar-refractivity contribution in [1.82, 2.24) is 0 Å². The Balaban J connectivity index is 2.72.